The molecule has 2 heterocycles. The highest BCUT2D eigenvalue weighted by atomic mass is 35.5. The molecule has 2 aromatic rings. The van der Waals surface area contributed by atoms with E-state index in [4.69, 9.17) is 5.73 Å². The lowest BCUT2D eigenvalue weighted by molar-refractivity contribution is 0.0999. The molecule has 8 heteroatoms. The number of amides is 1. The fourth-order valence-corrected chi connectivity index (χ4v) is 5.72. The number of nitrogens with zero attached hydrogens (tertiary/aromatic N) is 2. The number of halogens is 1. The summed E-state index contributed by atoms with van der Waals surface area (Å²) < 4.78 is 27.9. The van der Waals surface area contributed by atoms with Crippen LogP contribution < -0.4 is 10.6 Å². The van der Waals surface area contributed by atoms with Crippen LogP contribution in [0.5, 0.6) is 0 Å². The summed E-state index contributed by atoms with van der Waals surface area (Å²) in [4.78, 5) is 14.2. The van der Waals surface area contributed by atoms with Crippen LogP contribution in [-0.4, -0.2) is 44.8 Å². The van der Waals surface area contributed by atoms with Gasteiger partial charge in [-0.3, -0.25) is 4.79 Å². The molecule has 0 radical (unpaired) electrons. The van der Waals surface area contributed by atoms with E-state index < -0.39 is 10.0 Å². The first-order chi connectivity index (χ1) is 11.5. The van der Waals surface area contributed by atoms with Crippen molar-refractivity contribution in [3.8, 4) is 0 Å². The van der Waals surface area contributed by atoms with E-state index in [0.29, 0.717) is 24.0 Å². The molecular weight excluding hydrogens is 362 g/mol. The maximum absolute atomic E-state index is 13.2. The Bertz CT molecular complexity index is 961. The number of carbonyl (C=O) groups excluding carboxylic acids is 1. The number of carbonyl (C=O) groups is 1. The highest BCUT2D eigenvalue weighted by molar-refractivity contribution is 7.89. The Morgan fingerprint density at radius 1 is 1.24 bits per heavy atom. The van der Waals surface area contributed by atoms with Crippen LogP contribution in [0.4, 0.5) is 5.69 Å². The lowest BCUT2D eigenvalue weighted by Crippen LogP contribution is -2.39. The van der Waals surface area contributed by atoms with Crippen molar-refractivity contribution in [2.24, 2.45) is 5.73 Å². The number of benzene rings is 2. The molecular formula is C17H20ClN3O3S. The number of nitrogens with two attached hydrogens (primary N) is 1. The number of rotatable bonds is 3. The largest absolute Gasteiger partial charge is 0.329 e. The molecule has 25 heavy (non-hydrogen) atoms. The van der Waals surface area contributed by atoms with E-state index in [1.165, 1.54) is 4.31 Å². The molecule has 4 rings (SSSR count). The van der Waals surface area contributed by atoms with Crippen molar-refractivity contribution in [3.63, 3.8) is 0 Å². The van der Waals surface area contributed by atoms with Gasteiger partial charge in [0.2, 0.25) is 10.0 Å². The first-order valence-corrected chi connectivity index (χ1v) is 9.46. The topological polar surface area (TPSA) is 83.7 Å². The average Bonchev–Trinajstić information content (AvgIpc) is 3.16. The third-order valence-electron chi connectivity index (χ3n) is 5.06. The van der Waals surface area contributed by atoms with Crippen LogP contribution in [0, 0.1) is 0 Å². The summed E-state index contributed by atoms with van der Waals surface area (Å²) in [6, 6.07) is 8.43. The van der Waals surface area contributed by atoms with Crippen molar-refractivity contribution in [3.05, 3.63) is 35.9 Å². The van der Waals surface area contributed by atoms with Gasteiger partial charge in [-0.2, -0.15) is 4.31 Å². The second kappa shape index (κ2) is 6.25. The number of hydrogen-bond acceptors (Lipinski definition) is 4. The van der Waals surface area contributed by atoms with Gasteiger partial charge >= 0.3 is 0 Å². The van der Waals surface area contributed by atoms with Crippen LogP contribution in [-0.2, 0) is 10.0 Å². The number of sulfonamides is 1. The summed E-state index contributed by atoms with van der Waals surface area (Å²) in [5, 5.41) is 1.32. The predicted octanol–water partition coefficient (Wildman–Crippen LogP) is 1.96. The molecule has 1 amide bonds. The van der Waals surface area contributed by atoms with Gasteiger partial charge in [0.15, 0.2) is 0 Å². The van der Waals surface area contributed by atoms with Crippen molar-refractivity contribution in [1.82, 2.24) is 4.31 Å². The Balaban J connectivity index is 0.00000182. The molecule has 0 aliphatic carbocycles. The molecule has 2 aromatic carbocycles. The van der Waals surface area contributed by atoms with E-state index >= 15 is 0 Å². The molecule has 1 fully saturated rings. The standard InChI is InChI=1S/C17H19N3O3S.ClH/c1-19-14-7-8-15(12-5-2-6-13(16(12)14)17(19)21)24(22,23)20-9-3-4-11(20)10-18;/h2,5-8,11H,3-4,9-10,18H2,1H3;1H. The number of anilines is 1. The van der Waals surface area contributed by atoms with Crippen molar-refractivity contribution in [2.75, 3.05) is 25.0 Å². The maximum atomic E-state index is 13.2. The third-order valence-corrected chi connectivity index (χ3v) is 7.07. The fourth-order valence-electron chi connectivity index (χ4n) is 3.82. The second-order valence-electron chi connectivity index (χ2n) is 6.32. The molecule has 1 atom stereocenters. The normalized spacial score (nSPS) is 20.3. The van der Waals surface area contributed by atoms with Crippen molar-refractivity contribution >= 4 is 44.8 Å². The minimum Gasteiger partial charge on any atom is -0.329 e. The maximum Gasteiger partial charge on any atom is 0.258 e. The Labute approximate surface area is 153 Å². The first-order valence-electron chi connectivity index (χ1n) is 8.02. The van der Waals surface area contributed by atoms with Crippen LogP contribution in [0.2, 0.25) is 0 Å². The Morgan fingerprint density at radius 3 is 2.72 bits per heavy atom. The van der Waals surface area contributed by atoms with Crippen molar-refractivity contribution in [1.29, 1.82) is 0 Å². The quantitative estimate of drug-likeness (QED) is 0.880. The first kappa shape index (κ1) is 18.1. The smallest absolute Gasteiger partial charge is 0.258 e. The molecule has 2 aliphatic heterocycles. The van der Waals surface area contributed by atoms with Crippen molar-refractivity contribution < 1.29 is 13.2 Å². The van der Waals surface area contributed by atoms with E-state index in [1.54, 1.807) is 42.3 Å². The highest BCUT2D eigenvalue weighted by Gasteiger charge is 2.37. The number of hydrogen-bond donors (Lipinski definition) is 1. The van der Waals surface area contributed by atoms with Gasteiger partial charge in [-0.25, -0.2) is 8.42 Å². The summed E-state index contributed by atoms with van der Waals surface area (Å²) in [6.45, 7) is 0.813. The van der Waals surface area contributed by atoms with Crippen LogP contribution in [0.3, 0.4) is 0 Å². The van der Waals surface area contributed by atoms with Crippen LogP contribution in [0.1, 0.15) is 23.2 Å². The van der Waals surface area contributed by atoms with Gasteiger partial charge in [-0.15, -0.1) is 12.4 Å². The minimum absolute atomic E-state index is 0. The van der Waals surface area contributed by atoms with E-state index in [0.717, 1.165) is 23.9 Å². The SMILES string of the molecule is CN1C(=O)c2cccc3c(S(=O)(=O)N4CCCC4CN)ccc1c23.Cl. The molecule has 2 N–H and O–H groups in total. The summed E-state index contributed by atoms with van der Waals surface area (Å²) in [5.41, 5.74) is 7.05. The molecule has 0 spiro atoms. The summed E-state index contributed by atoms with van der Waals surface area (Å²) in [5.74, 6) is -0.105. The fraction of sp³-hybridized carbons (Fsp3) is 0.353. The molecule has 1 unspecified atom stereocenters. The van der Waals surface area contributed by atoms with Gasteiger partial charge in [0, 0.05) is 42.5 Å². The van der Waals surface area contributed by atoms with Crippen molar-refractivity contribution in [2.45, 2.75) is 23.8 Å². The zero-order chi connectivity index (χ0) is 17.1. The van der Waals surface area contributed by atoms with Gasteiger partial charge in [0.1, 0.15) is 0 Å². The van der Waals surface area contributed by atoms with E-state index in [-0.39, 0.29) is 29.3 Å². The molecule has 0 bridgehead atoms. The zero-order valence-corrected chi connectivity index (χ0v) is 15.4. The van der Waals surface area contributed by atoms with Gasteiger partial charge in [0.05, 0.1) is 10.6 Å². The second-order valence-corrected chi connectivity index (χ2v) is 8.18. The lowest BCUT2D eigenvalue weighted by Gasteiger charge is -2.24. The highest BCUT2D eigenvalue weighted by Crippen LogP contribution is 2.40. The van der Waals surface area contributed by atoms with Crippen LogP contribution >= 0.6 is 12.4 Å². The van der Waals surface area contributed by atoms with Crippen LogP contribution in [0.25, 0.3) is 10.8 Å². The average molecular weight is 382 g/mol. The molecule has 1 saturated heterocycles. The molecule has 0 saturated carbocycles. The molecule has 6 nitrogen and oxygen atoms in total. The van der Waals surface area contributed by atoms with E-state index in [2.05, 4.69) is 0 Å². The monoisotopic (exact) mass is 381 g/mol. The van der Waals surface area contributed by atoms with E-state index in [1.807, 2.05) is 0 Å². The summed E-state index contributed by atoms with van der Waals surface area (Å²) >= 11 is 0. The van der Waals surface area contributed by atoms with Crippen LogP contribution in [0.15, 0.2) is 35.2 Å². The Hall–Kier alpha value is -1.67. The Morgan fingerprint density at radius 2 is 2.00 bits per heavy atom. The third kappa shape index (κ3) is 2.45. The molecule has 2 aliphatic rings. The minimum atomic E-state index is -3.64. The van der Waals surface area contributed by atoms with E-state index in [9.17, 15) is 13.2 Å². The Kier molecular flexibility index (Phi) is 4.53. The summed E-state index contributed by atoms with van der Waals surface area (Å²) in [7, 11) is -1.94. The van der Waals surface area contributed by atoms with Gasteiger partial charge < -0.3 is 10.6 Å². The molecule has 134 valence electrons. The van der Waals surface area contributed by atoms with Gasteiger partial charge in [-0.05, 0) is 31.0 Å². The molecule has 0 aromatic heterocycles. The van der Waals surface area contributed by atoms with Gasteiger partial charge in [0.25, 0.3) is 5.91 Å². The van der Waals surface area contributed by atoms with Gasteiger partial charge in [-0.1, -0.05) is 12.1 Å². The lowest BCUT2D eigenvalue weighted by atomic mass is 10.1. The predicted molar refractivity (Wildman–Crippen MR) is 99.9 cm³/mol. The summed E-state index contributed by atoms with van der Waals surface area (Å²) in [6.07, 6.45) is 1.61. The zero-order valence-electron chi connectivity index (χ0n) is 13.8.